The molecule has 0 saturated heterocycles. The molecule has 0 saturated carbocycles. The summed E-state index contributed by atoms with van der Waals surface area (Å²) in [5.74, 6) is 0. The van der Waals surface area contributed by atoms with E-state index >= 15 is 0 Å². The van der Waals surface area contributed by atoms with Crippen LogP contribution in [0.4, 0.5) is 0 Å². The fourth-order valence-corrected chi connectivity index (χ4v) is 2.46. The van der Waals surface area contributed by atoms with Crippen LogP contribution in [0.1, 0.15) is 29.6 Å². The highest BCUT2D eigenvalue weighted by Crippen LogP contribution is 2.22. The van der Waals surface area contributed by atoms with Gasteiger partial charge in [-0.05, 0) is 23.6 Å². The molecule has 0 bridgehead atoms. The molecule has 0 amide bonds. The lowest BCUT2D eigenvalue weighted by Gasteiger charge is -2.24. The van der Waals surface area contributed by atoms with E-state index in [9.17, 15) is 5.11 Å². The topological polar surface area (TPSA) is 41.5 Å². The first-order valence-electron chi connectivity index (χ1n) is 7.49. The van der Waals surface area contributed by atoms with Crippen molar-refractivity contribution in [1.29, 1.82) is 0 Å². The lowest BCUT2D eigenvalue weighted by molar-refractivity contribution is 0.232. The highest BCUT2D eigenvalue weighted by molar-refractivity contribution is 5.23. The second kappa shape index (κ2) is 9.03. The highest BCUT2D eigenvalue weighted by Gasteiger charge is 2.16. The Morgan fingerprint density at radius 1 is 0.955 bits per heavy atom. The Morgan fingerprint density at radius 2 is 1.50 bits per heavy atom. The van der Waals surface area contributed by atoms with E-state index in [1.54, 1.807) is 13.4 Å². The van der Waals surface area contributed by atoms with E-state index < -0.39 is 0 Å². The Bertz CT molecular complexity index is 554. The van der Waals surface area contributed by atoms with Gasteiger partial charge in [0, 0.05) is 6.04 Å². The third-order valence-corrected chi connectivity index (χ3v) is 3.59. The molecule has 2 aromatic rings. The number of benzene rings is 2. The first-order chi connectivity index (χ1) is 10.8. The van der Waals surface area contributed by atoms with Crippen molar-refractivity contribution in [3.63, 3.8) is 0 Å². The van der Waals surface area contributed by atoms with Crippen LogP contribution in [0.15, 0.2) is 73.0 Å². The van der Waals surface area contributed by atoms with Crippen LogP contribution in [-0.4, -0.2) is 18.8 Å². The van der Waals surface area contributed by atoms with Crippen molar-refractivity contribution in [2.75, 3.05) is 13.7 Å². The molecule has 0 aliphatic rings. The fraction of sp³-hybridized carbons (Fsp3) is 0.263. The molecule has 2 aromatic carbocycles. The van der Waals surface area contributed by atoms with Crippen LogP contribution in [-0.2, 0) is 4.74 Å². The molecule has 0 unspecified atom stereocenters. The molecule has 0 aromatic heterocycles. The summed E-state index contributed by atoms with van der Waals surface area (Å²) in [6.45, 7) is 0.0569. The van der Waals surface area contributed by atoms with Gasteiger partial charge in [0.2, 0.25) is 0 Å². The monoisotopic (exact) mass is 297 g/mol. The summed E-state index contributed by atoms with van der Waals surface area (Å²) >= 11 is 0. The van der Waals surface area contributed by atoms with Gasteiger partial charge in [-0.2, -0.15) is 0 Å². The molecule has 0 heterocycles. The standard InChI is InChI=1S/C19H23NO2/c1-22-14-8-13-18(16-9-4-2-5-10-16)20-19(15-21)17-11-6-3-7-12-17/h2-12,14,18-21H,13,15H2,1H3/b14-8-/t18-,19+/m0/s1. The van der Waals surface area contributed by atoms with Crippen molar-refractivity contribution >= 4 is 0 Å². The largest absolute Gasteiger partial charge is 0.505 e. The number of nitrogens with one attached hydrogen (secondary N) is 1. The molecule has 116 valence electrons. The van der Waals surface area contributed by atoms with E-state index in [1.807, 2.05) is 54.6 Å². The smallest absolute Gasteiger partial charge is 0.0785 e. The van der Waals surface area contributed by atoms with Gasteiger partial charge >= 0.3 is 0 Å². The van der Waals surface area contributed by atoms with Crippen LogP contribution in [0.25, 0.3) is 0 Å². The third kappa shape index (κ3) is 4.72. The van der Waals surface area contributed by atoms with Gasteiger partial charge in [-0.25, -0.2) is 0 Å². The van der Waals surface area contributed by atoms with Gasteiger partial charge < -0.3 is 15.2 Å². The molecule has 3 heteroatoms. The minimum Gasteiger partial charge on any atom is -0.505 e. The molecule has 2 atom stereocenters. The molecule has 0 aliphatic heterocycles. The summed E-state index contributed by atoms with van der Waals surface area (Å²) in [5, 5.41) is 13.3. The lowest BCUT2D eigenvalue weighted by atomic mass is 10.0. The summed E-state index contributed by atoms with van der Waals surface area (Å²) < 4.78 is 4.99. The van der Waals surface area contributed by atoms with Gasteiger partial charge in [-0.1, -0.05) is 60.7 Å². The molecule has 2 rings (SSSR count). The molecular formula is C19H23NO2. The van der Waals surface area contributed by atoms with Crippen molar-refractivity contribution in [2.24, 2.45) is 0 Å². The van der Waals surface area contributed by atoms with Gasteiger partial charge in [0.25, 0.3) is 0 Å². The van der Waals surface area contributed by atoms with Gasteiger partial charge in [0.1, 0.15) is 0 Å². The maximum absolute atomic E-state index is 9.74. The normalized spacial score (nSPS) is 13.9. The zero-order chi connectivity index (χ0) is 15.6. The van der Waals surface area contributed by atoms with E-state index in [0.717, 1.165) is 12.0 Å². The van der Waals surface area contributed by atoms with Crippen LogP contribution in [0, 0.1) is 0 Å². The average Bonchev–Trinajstić information content (AvgIpc) is 2.59. The number of ether oxygens (including phenoxy) is 1. The number of rotatable bonds is 8. The average molecular weight is 297 g/mol. The molecular weight excluding hydrogens is 274 g/mol. The van der Waals surface area contributed by atoms with Crippen LogP contribution < -0.4 is 5.32 Å². The van der Waals surface area contributed by atoms with Gasteiger partial charge in [-0.3, -0.25) is 0 Å². The first-order valence-corrected chi connectivity index (χ1v) is 7.49. The Labute approximate surface area is 132 Å². The molecule has 0 fully saturated rings. The Balaban J connectivity index is 2.15. The Hall–Kier alpha value is -2.10. The number of hydrogen-bond donors (Lipinski definition) is 2. The Kier molecular flexibility index (Phi) is 6.68. The summed E-state index contributed by atoms with van der Waals surface area (Å²) in [5.41, 5.74) is 2.28. The van der Waals surface area contributed by atoms with E-state index in [2.05, 4.69) is 17.4 Å². The summed E-state index contributed by atoms with van der Waals surface area (Å²) in [6.07, 6.45) is 4.47. The second-order valence-electron chi connectivity index (χ2n) is 5.12. The molecule has 22 heavy (non-hydrogen) atoms. The summed E-state index contributed by atoms with van der Waals surface area (Å²) in [7, 11) is 1.64. The number of methoxy groups -OCH3 is 1. The zero-order valence-corrected chi connectivity index (χ0v) is 12.9. The van der Waals surface area contributed by atoms with Crippen LogP contribution in [0.3, 0.4) is 0 Å². The molecule has 0 radical (unpaired) electrons. The fourth-order valence-electron chi connectivity index (χ4n) is 2.46. The van der Waals surface area contributed by atoms with Crippen LogP contribution in [0.2, 0.25) is 0 Å². The van der Waals surface area contributed by atoms with Crippen molar-refractivity contribution in [2.45, 2.75) is 18.5 Å². The summed E-state index contributed by atoms with van der Waals surface area (Å²) in [6, 6.07) is 20.3. The van der Waals surface area contributed by atoms with E-state index in [4.69, 9.17) is 4.74 Å². The van der Waals surface area contributed by atoms with Crippen molar-refractivity contribution < 1.29 is 9.84 Å². The first kappa shape index (κ1) is 16.3. The molecule has 2 N–H and O–H groups in total. The second-order valence-corrected chi connectivity index (χ2v) is 5.12. The van der Waals surface area contributed by atoms with Crippen LogP contribution in [0.5, 0.6) is 0 Å². The lowest BCUT2D eigenvalue weighted by Crippen LogP contribution is -2.28. The van der Waals surface area contributed by atoms with Crippen LogP contribution >= 0.6 is 0 Å². The summed E-state index contributed by atoms with van der Waals surface area (Å²) in [4.78, 5) is 0. The van der Waals surface area contributed by atoms with E-state index in [-0.39, 0.29) is 18.7 Å². The van der Waals surface area contributed by atoms with Crippen molar-refractivity contribution in [3.8, 4) is 0 Å². The predicted octanol–water partition coefficient (Wildman–Crippen LogP) is 3.60. The minimum absolute atomic E-state index is 0.0569. The zero-order valence-electron chi connectivity index (χ0n) is 12.9. The number of aliphatic hydroxyl groups is 1. The van der Waals surface area contributed by atoms with Gasteiger partial charge in [-0.15, -0.1) is 0 Å². The number of aliphatic hydroxyl groups excluding tert-OH is 1. The van der Waals surface area contributed by atoms with Crippen molar-refractivity contribution in [3.05, 3.63) is 84.1 Å². The molecule has 3 nitrogen and oxygen atoms in total. The SMILES string of the molecule is CO/C=C\C[C@H](N[C@H](CO)c1ccccc1)c1ccccc1. The maximum atomic E-state index is 9.74. The third-order valence-electron chi connectivity index (χ3n) is 3.59. The molecule has 0 aliphatic carbocycles. The van der Waals surface area contributed by atoms with E-state index in [0.29, 0.717) is 0 Å². The maximum Gasteiger partial charge on any atom is 0.0785 e. The molecule has 0 spiro atoms. The van der Waals surface area contributed by atoms with Crippen molar-refractivity contribution in [1.82, 2.24) is 5.32 Å². The number of hydrogen-bond acceptors (Lipinski definition) is 3. The van der Waals surface area contributed by atoms with E-state index in [1.165, 1.54) is 5.56 Å². The highest BCUT2D eigenvalue weighted by atomic mass is 16.5. The minimum atomic E-state index is -0.0950. The Morgan fingerprint density at radius 3 is 2.00 bits per heavy atom. The quantitative estimate of drug-likeness (QED) is 0.732. The van der Waals surface area contributed by atoms with Gasteiger partial charge in [0.05, 0.1) is 26.0 Å². The predicted molar refractivity (Wildman–Crippen MR) is 89.4 cm³/mol. The van der Waals surface area contributed by atoms with Gasteiger partial charge in [0.15, 0.2) is 0 Å².